The van der Waals surface area contributed by atoms with Gasteiger partial charge in [-0.05, 0) is 23.6 Å². The number of carbonyl (C=O) groups is 1. The summed E-state index contributed by atoms with van der Waals surface area (Å²) in [6, 6.07) is 9.87. The third-order valence-corrected chi connectivity index (χ3v) is 4.00. The topological polar surface area (TPSA) is 46.1 Å². The molecule has 1 aromatic carbocycles. The molecule has 0 saturated heterocycles. The van der Waals surface area contributed by atoms with Crippen LogP contribution in [0, 0.1) is 0 Å². The van der Waals surface area contributed by atoms with Crippen molar-refractivity contribution in [1.29, 1.82) is 0 Å². The highest BCUT2D eigenvalue weighted by molar-refractivity contribution is 6.32. The lowest BCUT2D eigenvalue weighted by Crippen LogP contribution is -2.28. The highest BCUT2D eigenvalue weighted by Gasteiger charge is 2.24. The molecule has 1 aliphatic heterocycles. The maximum atomic E-state index is 12.3. The average molecular weight is 322 g/mol. The van der Waals surface area contributed by atoms with Gasteiger partial charge in [0.05, 0.1) is 12.2 Å². The van der Waals surface area contributed by atoms with E-state index in [0.29, 0.717) is 31.1 Å². The Morgan fingerprint density at radius 2 is 1.86 bits per heavy atom. The highest BCUT2D eigenvalue weighted by atomic mass is 35.5. The summed E-state index contributed by atoms with van der Waals surface area (Å²) < 4.78 is 0. The molecule has 0 unspecified atom stereocenters. The number of benzene rings is 1. The Balaban J connectivity index is 1.90. The molecule has 2 aromatic rings. The Kier molecular flexibility index (Phi) is 4.08. The molecular formula is C15H13Cl2N3O. The summed E-state index contributed by atoms with van der Waals surface area (Å²) in [6.07, 6.45) is 0.958. The zero-order valence-corrected chi connectivity index (χ0v) is 12.7. The maximum absolute atomic E-state index is 12.3. The molecule has 0 fully saturated rings. The predicted molar refractivity (Wildman–Crippen MR) is 81.1 cm³/mol. The Morgan fingerprint density at radius 3 is 2.62 bits per heavy atom. The normalized spacial score (nSPS) is 14.8. The van der Waals surface area contributed by atoms with Crippen LogP contribution in [-0.4, -0.2) is 20.8 Å². The van der Waals surface area contributed by atoms with Crippen LogP contribution in [0.25, 0.3) is 0 Å². The third-order valence-electron chi connectivity index (χ3n) is 3.51. The van der Waals surface area contributed by atoms with Crippen molar-refractivity contribution in [2.24, 2.45) is 0 Å². The second-order valence-electron chi connectivity index (χ2n) is 4.94. The number of fused-ring (bicyclic) bond motifs is 1. The molecule has 2 heterocycles. The molecule has 0 aliphatic carbocycles. The molecule has 6 heteroatoms. The first-order chi connectivity index (χ1) is 10.1. The molecule has 0 N–H and O–H groups in total. The predicted octanol–water partition coefficient (Wildman–Crippen LogP) is 3.26. The summed E-state index contributed by atoms with van der Waals surface area (Å²) in [5.74, 6) is 0.0871. The zero-order chi connectivity index (χ0) is 14.8. The number of hydrogen-bond acceptors (Lipinski definition) is 3. The van der Waals surface area contributed by atoms with E-state index in [0.717, 1.165) is 16.8 Å². The second kappa shape index (κ2) is 6.00. The first-order valence-electron chi connectivity index (χ1n) is 6.66. The molecule has 0 atom stereocenters. The van der Waals surface area contributed by atoms with Crippen molar-refractivity contribution in [2.45, 2.75) is 25.9 Å². The van der Waals surface area contributed by atoms with Crippen molar-refractivity contribution in [3.8, 4) is 0 Å². The van der Waals surface area contributed by atoms with Gasteiger partial charge in [-0.2, -0.15) is 0 Å². The average Bonchev–Trinajstić information content (AvgIpc) is 2.60. The molecule has 0 radical (unpaired) electrons. The van der Waals surface area contributed by atoms with Crippen LogP contribution in [-0.2, 0) is 24.3 Å². The number of amides is 1. The fourth-order valence-electron chi connectivity index (χ4n) is 2.46. The summed E-state index contributed by atoms with van der Waals surface area (Å²) in [5.41, 5.74) is 2.65. The smallest absolute Gasteiger partial charge is 0.224 e. The van der Waals surface area contributed by atoms with Crippen LogP contribution in [0.15, 0.2) is 30.3 Å². The van der Waals surface area contributed by atoms with Crippen LogP contribution in [0.2, 0.25) is 10.4 Å². The quantitative estimate of drug-likeness (QED) is 0.630. The molecule has 4 nitrogen and oxygen atoms in total. The van der Waals surface area contributed by atoms with Crippen LogP contribution in [0.5, 0.6) is 0 Å². The van der Waals surface area contributed by atoms with Gasteiger partial charge in [-0.25, -0.2) is 9.97 Å². The Bertz CT molecular complexity index is 676. The molecule has 1 aromatic heterocycles. The van der Waals surface area contributed by atoms with E-state index in [9.17, 15) is 4.79 Å². The lowest BCUT2D eigenvalue weighted by atomic mass is 10.1. The summed E-state index contributed by atoms with van der Waals surface area (Å²) in [4.78, 5) is 22.3. The molecule has 21 heavy (non-hydrogen) atoms. The highest BCUT2D eigenvalue weighted by Crippen LogP contribution is 2.25. The Hall–Kier alpha value is -1.65. The number of halogens is 2. The molecule has 1 aliphatic rings. The first kappa shape index (κ1) is 14.3. The van der Waals surface area contributed by atoms with Gasteiger partial charge >= 0.3 is 0 Å². The molecule has 108 valence electrons. The molecule has 0 saturated carbocycles. The number of aromatic nitrogens is 2. The lowest BCUT2D eigenvalue weighted by Gasteiger charge is -2.20. The number of rotatable bonds is 2. The second-order valence-corrected chi connectivity index (χ2v) is 5.64. The van der Waals surface area contributed by atoms with Crippen LogP contribution >= 0.6 is 23.2 Å². The van der Waals surface area contributed by atoms with Crippen molar-refractivity contribution in [2.75, 3.05) is 0 Å². The molecular weight excluding hydrogens is 309 g/mol. The van der Waals surface area contributed by atoms with Gasteiger partial charge in [-0.1, -0.05) is 41.9 Å². The third kappa shape index (κ3) is 3.17. The largest absolute Gasteiger partial charge is 0.332 e. The standard InChI is InChI=1S/C15H13Cl2N3O/c16-14-11-6-7-13(21)20(8-10-4-2-1-3-5-10)9-12(11)18-15(17)19-14/h1-5H,6-9H2. The van der Waals surface area contributed by atoms with Gasteiger partial charge in [0.25, 0.3) is 0 Å². The SMILES string of the molecule is O=C1CCc2c(Cl)nc(Cl)nc2CN1Cc1ccccc1. The minimum Gasteiger partial charge on any atom is -0.332 e. The molecule has 1 amide bonds. The van der Waals surface area contributed by atoms with Gasteiger partial charge in [-0.3, -0.25) is 4.79 Å². The maximum Gasteiger partial charge on any atom is 0.224 e. The summed E-state index contributed by atoms with van der Waals surface area (Å²) in [5, 5.41) is 0.465. The molecule has 0 bridgehead atoms. The fraction of sp³-hybridized carbons (Fsp3) is 0.267. The summed E-state index contributed by atoms with van der Waals surface area (Å²) in [6.45, 7) is 0.962. The van der Waals surface area contributed by atoms with Crippen molar-refractivity contribution in [3.05, 3.63) is 57.6 Å². The van der Waals surface area contributed by atoms with Gasteiger partial charge < -0.3 is 4.90 Å². The van der Waals surface area contributed by atoms with E-state index < -0.39 is 0 Å². The fourth-order valence-corrected chi connectivity index (χ4v) is 2.97. The van der Waals surface area contributed by atoms with E-state index in [1.54, 1.807) is 4.90 Å². The van der Waals surface area contributed by atoms with Gasteiger partial charge in [-0.15, -0.1) is 0 Å². The number of nitrogens with zero attached hydrogens (tertiary/aromatic N) is 3. The molecule has 0 spiro atoms. The van der Waals surface area contributed by atoms with Crippen LogP contribution in [0.1, 0.15) is 23.2 Å². The van der Waals surface area contributed by atoms with Crippen molar-refractivity contribution in [3.63, 3.8) is 0 Å². The van der Waals surface area contributed by atoms with E-state index in [1.807, 2.05) is 30.3 Å². The summed E-state index contributed by atoms with van der Waals surface area (Å²) in [7, 11) is 0. The Morgan fingerprint density at radius 1 is 1.10 bits per heavy atom. The summed E-state index contributed by atoms with van der Waals surface area (Å²) >= 11 is 12.0. The minimum absolute atomic E-state index is 0.0871. The van der Waals surface area contributed by atoms with E-state index in [2.05, 4.69) is 9.97 Å². The Labute approximate surface area is 132 Å². The van der Waals surface area contributed by atoms with Crippen molar-refractivity contribution >= 4 is 29.1 Å². The monoisotopic (exact) mass is 321 g/mol. The zero-order valence-electron chi connectivity index (χ0n) is 11.2. The van der Waals surface area contributed by atoms with E-state index in [1.165, 1.54) is 0 Å². The van der Waals surface area contributed by atoms with Crippen molar-refractivity contribution in [1.82, 2.24) is 14.9 Å². The van der Waals surface area contributed by atoms with Crippen molar-refractivity contribution < 1.29 is 4.79 Å². The number of hydrogen-bond donors (Lipinski definition) is 0. The van der Waals surface area contributed by atoms with E-state index in [4.69, 9.17) is 23.2 Å². The lowest BCUT2D eigenvalue weighted by molar-refractivity contribution is -0.132. The van der Waals surface area contributed by atoms with Gasteiger partial charge in [0.15, 0.2) is 0 Å². The van der Waals surface area contributed by atoms with Crippen LogP contribution < -0.4 is 0 Å². The van der Waals surface area contributed by atoms with Gasteiger partial charge in [0.1, 0.15) is 5.15 Å². The molecule has 3 rings (SSSR count). The van der Waals surface area contributed by atoms with Crippen LogP contribution in [0.4, 0.5) is 0 Å². The van der Waals surface area contributed by atoms with Gasteiger partial charge in [0, 0.05) is 18.5 Å². The van der Waals surface area contributed by atoms with E-state index >= 15 is 0 Å². The number of carbonyl (C=O) groups excluding carboxylic acids is 1. The van der Waals surface area contributed by atoms with Gasteiger partial charge in [0.2, 0.25) is 11.2 Å². The van der Waals surface area contributed by atoms with Crippen LogP contribution in [0.3, 0.4) is 0 Å². The first-order valence-corrected chi connectivity index (χ1v) is 7.41. The minimum atomic E-state index is 0.0871. The van der Waals surface area contributed by atoms with E-state index in [-0.39, 0.29) is 11.2 Å².